The Morgan fingerprint density at radius 2 is 1.88 bits per heavy atom. The van der Waals surface area contributed by atoms with Gasteiger partial charge in [-0.2, -0.15) is 4.31 Å². The van der Waals surface area contributed by atoms with Crippen LogP contribution in [0.2, 0.25) is 0 Å². The van der Waals surface area contributed by atoms with Gasteiger partial charge in [0.05, 0.1) is 18.6 Å². The van der Waals surface area contributed by atoms with Crippen LogP contribution in [-0.4, -0.2) is 49.2 Å². The monoisotopic (exact) mass is 377 g/mol. The van der Waals surface area contributed by atoms with Crippen molar-refractivity contribution in [2.24, 2.45) is 0 Å². The second kappa shape index (κ2) is 7.75. The van der Waals surface area contributed by atoms with Gasteiger partial charge in [0.1, 0.15) is 11.9 Å². The van der Waals surface area contributed by atoms with Crippen LogP contribution in [0.15, 0.2) is 53.4 Å². The number of nitrogens with zero attached hydrogens (tertiary/aromatic N) is 1. The summed E-state index contributed by atoms with van der Waals surface area (Å²) in [5.74, 6) is 0.657. The number of aliphatic hydroxyl groups is 2. The third-order valence-electron chi connectivity index (χ3n) is 4.77. The van der Waals surface area contributed by atoms with Crippen molar-refractivity contribution in [3.8, 4) is 5.75 Å². The van der Waals surface area contributed by atoms with Gasteiger partial charge in [-0.15, -0.1) is 0 Å². The van der Waals surface area contributed by atoms with E-state index in [0.29, 0.717) is 36.3 Å². The standard InChI is InChI=1S/C19H23NO5S/c1-25-16-10-8-14(9-11-16)19(22)17-6-2-3-7-18(17)26(23,24)20-12-4-5-15(20)13-21/h2-3,6-11,15,19,21-22H,4-5,12-13H2,1H3/t15-,19+/m0/s1. The first-order valence-electron chi connectivity index (χ1n) is 8.52. The molecule has 2 N–H and O–H groups in total. The number of sulfonamides is 1. The molecule has 1 aliphatic rings. The molecule has 0 saturated carbocycles. The fraction of sp³-hybridized carbons (Fsp3) is 0.368. The van der Waals surface area contributed by atoms with Crippen molar-refractivity contribution in [3.63, 3.8) is 0 Å². The van der Waals surface area contributed by atoms with Crippen LogP contribution in [0.25, 0.3) is 0 Å². The molecule has 3 rings (SSSR count). The van der Waals surface area contributed by atoms with Crippen molar-refractivity contribution in [2.75, 3.05) is 20.3 Å². The van der Waals surface area contributed by atoms with Crippen molar-refractivity contribution in [1.29, 1.82) is 0 Å². The van der Waals surface area contributed by atoms with Gasteiger partial charge in [0.25, 0.3) is 0 Å². The van der Waals surface area contributed by atoms with Gasteiger partial charge in [-0.3, -0.25) is 0 Å². The first kappa shape index (κ1) is 18.8. The second-order valence-electron chi connectivity index (χ2n) is 6.31. The molecule has 1 aliphatic heterocycles. The SMILES string of the molecule is COc1ccc([C@@H](O)c2ccccc2S(=O)(=O)N2CCC[C@H]2CO)cc1. The Bertz CT molecular complexity index is 850. The molecule has 0 aromatic heterocycles. The van der Waals surface area contributed by atoms with Crippen LogP contribution in [0.4, 0.5) is 0 Å². The molecule has 140 valence electrons. The molecule has 2 atom stereocenters. The van der Waals surface area contributed by atoms with E-state index in [9.17, 15) is 18.6 Å². The molecule has 0 bridgehead atoms. The summed E-state index contributed by atoms with van der Waals surface area (Å²) in [5.41, 5.74) is 0.898. The van der Waals surface area contributed by atoms with Crippen LogP contribution in [0.5, 0.6) is 5.75 Å². The van der Waals surface area contributed by atoms with Crippen molar-refractivity contribution in [3.05, 3.63) is 59.7 Å². The van der Waals surface area contributed by atoms with Crippen LogP contribution in [0, 0.1) is 0 Å². The number of benzene rings is 2. The fourth-order valence-corrected chi connectivity index (χ4v) is 5.26. The highest BCUT2D eigenvalue weighted by Gasteiger charge is 2.36. The zero-order valence-electron chi connectivity index (χ0n) is 14.6. The number of rotatable bonds is 6. The summed E-state index contributed by atoms with van der Waals surface area (Å²) in [4.78, 5) is 0.0728. The summed E-state index contributed by atoms with van der Waals surface area (Å²) in [6.07, 6.45) is 0.272. The molecule has 0 unspecified atom stereocenters. The maximum Gasteiger partial charge on any atom is 0.243 e. The number of methoxy groups -OCH3 is 1. The van der Waals surface area contributed by atoms with Crippen LogP contribution in [0.3, 0.4) is 0 Å². The molecule has 0 radical (unpaired) electrons. The van der Waals surface area contributed by atoms with Gasteiger partial charge in [0, 0.05) is 18.2 Å². The molecule has 1 fully saturated rings. The van der Waals surface area contributed by atoms with Crippen LogP contribution in [-0.2, 0) is 10.0 Å². The summed E-state index contributed by atoms with van der Waals surface area (Å²) in [6.45, 7) is 0.170. The lowest BCUT2D eigenvalue weighted by atomic mass is 10.0. The topological polar surface area (TPSA) is 87.1 Å². The number of aliphatic hydroxyl groups excluding tert-OH is 2. The Labute approximate surface area is 153 Å². The van der Waals surface area contributed by atoms with E-state index in [1.807, 2.05) is 0 Å². The number of ether oxygens (including phenoxy) is 1. The minimum absolute atomic E-state index is 0.0728. The van der Waals surface area contributed by atoms with E-state index in [1.165, 1.54) is 10.4 Å². The molecule has 0 spiro atoms. The van der Waals surface area contributed by atoms with E-state index < -0.39 is 22.2 Å². The zero-order chi connectivity index (χ0) is 18.7. The van der Waals surface area contributed by atoms with Crippen LogP contribution >= 0.6 is 0 Å². The molecule has 1 saturated heterocycles. The highest BCUT2D eigenvalue weighted by Crippen LogP contribution is 2.33. The van der Waals surface area contributed by atoms with Gasteiger partial charge >= 0.3 is 0 Å². The molecule has 6 nitrogen and oxygen atoms in total. The molecule has 2 aromatic carbocycles. The lowest BCUT2D eigenvalue weighted by Crippen LogP contribution is -2.38. The Balaban J connectivity index is 1.99. The van der Waals surface area contributed by atoms with E-state index in [1.54, 1.807) is 49.6 Å². The fourth-order valence-electron chi connectivity index (χ4n) is 3.34. The summed E-state index contributed by atoms with van der Waals surface area (Å²) in [7, 11) is -2.25. The quantitative estimate of drug-likeness (QED) is 0.803. The summed E-state index contributed by atoms with van der Waals surface area (Å²) in [6, 6.07) is 12.9. The van der Waals surface area contributed by atoms with Gasteiger partial charge in [-0.25, -0.2) is 8.42 Å². The minimum atomic E-state index is -3.81. The summed E-state index contributed by atoms with van der Waals surface area (Å²) >= 11 is 0. The predicted octanol–water partition coefficient (Wildman–Crippen LogP) is 1.92. The van der Waals surface area contributed by atoms with Crippen molar-refractivity contribution >= 4 is 10.0 Å². The molecular weight excluding hydrogens is 354 g/mol. The average Bonchev–Trinajstić information content (AvgIpc) is 3.17. The molecule has 0 aliphatic carbocycles. The molecule has 1 heterocycles. The highest BCUT2D eigenvalue weighted by atomic mass is 32.2. The summed E-state index contributed by atoms with van der Waals surface area (Å²) < 4.78 is 32.7. The first-order valence-corrected chi connectivity index (χ1v) is 9.96. The van der Waals surface area contributed by atoms with E-state index >= 15 is 0 Å². The Morgan fingerprint density at radius 1 is 1.19 bits per heavy atom. The number of hydrogen-bond acceptors (Lipinski definition) is 5. The highest BCUT2D eigenvalue weighted by molar-refractivity contribution is 7.89. The normalized spacial score (nSPS) is 19.4. The molecule has 26 heavy (non-hydrogen) atoms. The molecule has 2 aromatic rings. The smallest absolute Gasteiger partial charge is 0.243 e. The van der Waals surface area contributed by atoms with E-state index in [0.717, 1.165) is 0 Å². The van der Waals surface area contributed by atoms with Gasteiger partial charge in [-0.05, 0) is 36.6 Å². The van der Waals surface area contributed by atoms with Crippen molar-refractivity contribution < 1.29 is 23.4 Å². The van der Waals surface area contributed by atoms with Gasteiger partial charge in [0.2, 0.25) is 10.0 Å². The van der Waals surface area contributed by atoms with E-state index in [-0.39, 0.29) is 11.5 Å². The third-order valence-corrected chi connectivity index (χ3v) is 6.79. The van der Waals surface area contributed by atoms with E-state index in [2.05, 4.69) is 0 Å². The largest absolute Gasteiger partial charge is 0.497 e. The lowest BCUT2D eigenvalue weighted by Gasteiger charge is -2.25. The number of hydrogen-bond donors (Lipinski definition) is 2. The zero-order valence-corrected chi connectivity index (χ0v) is 15.4. The third kappa shape index (κ3) is 3.48. The van der Waals surface area contributed by atoms with Gasteiger partial charge < -0.3 is 14.9 Å². The molecular formula is C19H23NO5S. The van der Waals surface area contributed by atoms with Crippen molar-refractivity contribution in [1.82, 2.24) is 4.31 Å². The van der Waals surface area contributed by atoms with E-state index in [4.69, 9.17) is 4.74 Å². The van der Waals surface area contributed by atoms with Gasteiger partial charge in [-0.1, -0.05) is 30.3 Å². The second-order valence-corrected chi connectivity index (χ2v) is 8.17. The van der Waals surface area contributed by atoms with Crippen LogP contribution in [0.1, 0.15) is 30.1 Å². The minimum Gasteiger partial charge on any atom is -0.497 e. The maximum atomic E-state index is 13.1. The van der Waals surface area contributed by atoms with Crippen molar-refractivity contribution in [2.45, 2.75) is 29.9 Å². The van der Waals surface area contributed by atoms with Gasteiger partial charge in [0.15, 0.2) is 0 Å². The molecule has 0 amide bonds. The lowest BCUT2D eigenvalue weighted by molar-refractivity contribution is 0.210. The summed E-state index contributed by atoms with van der Waals surface area (Å²) in [5, 5.41) is 20.3. The maximum absolute atomic E-state index is 13.1. The average molecular weight is 377 g/mol. The first-order chi connectivity index (χ1) is 12.5. The molecule has 7 heteroatoms. The Kier molecular flexibility index (Phi) is 5.62. The Hall–Kier alpha value is -1.93. The van der Waals surface area contributed by atoms with Crippen LogP contribution < -0.4 is 4.74 Å². The predicted molar refractivity (Wildman–Crippen MR) is 97.5 cm³/mol. The Morgan fingerprint density at radius 3 is 2.54 bits per heavy atom.